The second-order valence-electron chi connectivity index (χ2n) is 7.24. The molecule has 0 radical (unpaired) electrons. The number of hydrogen-bond acceptors (Lipinski definition) is 2. The summed E-state index contributed by atoms with van der Waals surface area (Å²) in [5, 5.41) is 3.35. The van der Waals surface area contributed by atoms with Gasteiger partial charge in [-0.25, -0.2) is 0 Å². The van der Waals surface area contributed by atoms with E-state index in [0.717, 1.165) is 49.9 Å². The molecule has 1 aromatic carbocycles. The molecule has 2 nitrogen and oxygen atoms in total. The summed E-state index contributed by atoms with van der Waals surface area (Å²) in [6.07, 6.45) is -0.666. The Balaban J connectivity index is 2.07. The number of fused-ring (bicyclic) bond motifs is 3. The fraction of sp³-hybridized carbons (Fsp3) is 0.684. The van der Waals surface area contributed by atoms with Gasteiger partial charge in [0.15, 0.2) is 0 Å². The predicted molar refractivity (Wildman–Crippen MR) is 91.6 cm³/mol. The Bertz CT molecular complexity index is 593. The smallest absolute Gasteiger partial charge is 0.370 e. The van der Waals surface area contributed by atoms with Gasteiger partial charge in [0.05, 0.1) is 11.3 Å². The lowest BCUT2D eigenvalue weighted by molar-refractivity contribution is -0.137. The minimum absolute atomic E-state index is 0.168. The first-order chi connectivity index (χ1) is 11.4. The van der Waals surface area contributed by atoms with Crippen molar-refractivity contribution in [3.05, 3.63) is 28.8 Å². The Morgan fingerprint density at radius 2 is 1.96 bits per heavy atom. The number of alkyl halides is 3. The molecule has 24 heavy (non-hydrogen) atoms. The van der Waals surface area contributed by atoms with Gasteiger partial charge in [-0.15, -0.1) is 0 Å². The van der Waals surface area contributed by atoms with E-state index in [1.54, 1.807) is 0 Å². The molecule has 5 heteroatoms. The van der Waals surface area contributed by atoms with Crippen LogP contribution in [0.4, 0.5) is 18.9 Å². The van der Waals surface area contributed by atoms with Crippen LogP contribution >= 0.6 is 0 Å². The monoisotopic (exact) mass is 340 g/mol. The third-order valence-electron chi connectivity index (χ3n) is 5.88. The molecule has 1 N–H and O–H groups in total. The minimum Gasteiger partial charge on any atom is -0.370 e. The van der Waals surface area contributed by atoms with Crippen LogP contribution in [-0.4, -0.2) is 26.2 Å². The number of hydrogen-bond donors (Lipinski definition) is 1. The lowest BCUT2D eigenvalue weighted by atomic mass is 9.86. The van der Waals surface area contributed by atoms with Gasteiger partial charge in [-0.2, -0.15) is 13.2 Å². The highest BCUT2D eigenvalue weighted by Crippen LogP contribution is 2.49. The third-order valence-corrected chi connectivity index (χ3v) is 5.88. The van der Waals surface area contributed by atoms with Gasteiger partial charge in [-0.05, 0) is 42.5 Å². The van der Waals surface area contributed by atoms with Crippen molar-refractivity contribution >= 4 is 5.69 Å². The van der Waals surface area contributed by atoms with E-state index in [4.69, 9.17) is 0 Å². The Kier molecular flexibility index (Phi) is 4.82. The Labute approximate surface area is 142 Å². The molecule has 1 saturated heterocycles. The van der Waals surface area contributed by atoms with Gasteiger partial charge in [-0.1, -0.05) is 32.8 Å². The van der Waals surface area contributed by atoms with Crippen molar-refractivity contribution in [3.8, 4) is 0 Å². The first kappa shape index (κ1) is 17.6. The maximum atomic E-state index is 13.7. The van der Waals surface area contributed by atoms with E-state index in [-0.39, 0.29) is 12.0 Å². The predicted octanol–water partition coefficient (Wildman–Crippen LogP) is 4.58. The highest BCUT2D eigenvalue weighted by Gasteiger charge is 2.44. The van der Waals surface area contributed by atoms with E-state index < -0.39 is 11.7 Å². The summed E-state index contributed by atoms with van der Waals surface area (Å²) in [4.78, 5) is 1.88. The van der Waals surface area contributed by atoms with Crippen molar-refractivity contribution in [2.45, 2.75) is 57.7 Å². The first-order valence-electron chi connectivity index (χ1n) is 9.04. The molecule has 1 unspecified atom stereocenters. The van der Waals surface area contributed by atoms with Crippen molar-refractivity contribution in [2.24, 2.45) is 5.92 Å². The summed E-state index contributed by atoms with van der Waals surface area (Å²) in [5.41, 5.74) is 1.70. The van der Waals surface area contributed by atoms with Crippen molar-refractivity contribution < 1.29 is 13.2 Å². The summed E-state index contributed by atoms with van der Waals surface area (Å²) in [6.45, 7) is 5.87. The number of likely N-dealkylation sites (N-methyl/N-ethyl adjacent to an activating group) is 1. The fourth-order valence-corrected chi connectivity index (χ4v) is 4.43. The maximum Gasteiger partial charge on any atom is 0.418 e. The largest absolute Gasteiger partial charge is 0.418 e. The molecule has 0 spiro atoms. The van der Waals surface area contributed by atoms with E-state index in [1.165, 1.54) is 6.07 Å². The SMILES string of the molecule is CCC(CC)Cc1cc2c(c(C(F)(F)F)c1)N(C)[C@H]1CCNCC21. The highest BCUT2D eigenvalue weighted by atomic mass is 19.4. The zero-order valence-corrected chi connectivity index (χ0v) is 14.7. The average Bonchev–Trinajstić information content (AvgIpc) is 2.84. The number of piperidine rings is 1. The van der Waals surface area contributed by atoms with Crippen LogP contribution in [0.3, 0.4) is 0 Å². The topological polar surface area (TPSA) is 15.3 Å². The van der Waals surface area contributed by atoms with Gasteiger partial charge in [0, 0.05) is 25.6 Å². The minimum atomic E-state index is -4.30. The van der Waals surface area contributed by atoms with Crippen molar-refractivity contribution in [2.75, 3.05) is 25.0 Å². The van der Waals surface area contributed by atoms with E-state index >= 15 is 0 Å². The number of halogens is 3. The number of rotatable bonds is 4. The second kappa shape index (κ2) is 6.58. The van der Waals surface area contributed by atoms with Gasteiger partial charge >= 0.3 is 6.18 Å². The van der Waals surface area contributed by atoms with Crippen molar-refractivity contribution in [1.29, 1.82) is 0 Å². The number of anilines is 1. The zero-order chi connectivity index (χ0) is 17.5. The summed E-state index contributed by atoms with van der Waals surface area (Å²) < 4.78 is 41.2. The molecule has 2 aliphatic heterocycles. The summed E-state index contributed by atoms with van der Waals surface area (Å²) in [6, 6.07) is 3.64. The zero-order valence-electron chi connectivity index (χ0n) is 14.7. The van der Waals surface area contributed by atoms with Crippen LogP contribution in [-0.2, 0) is 12.6 Å². The van der Waals surface area contributed by atoms with Gasteiger partial charge in [0.1, 0.15) is 0 Å². The van der Waals surface area contributed by atoms with E-state index in [0.29, 0.717) is 11.6 Å². The first-order valence-corrected chi connectivity index (χ1v) is 9.04. The molecule has 134 valence electrons. The normalized spacial score (nSPS) is 23.5. The van der Waals surface area contributed by atoms with Gasteiger partial charge < -0.3 is 10.2 Å². The quantitative estimate of drug-likeness (QED) is 0.863. The molecular formula is C19H27F3N2. The number of nitrogens with one attached hydrogen (secondary N) is 1. The fourth-order valence-electron chi connectivity index (χ4n) is 4.43. The van der Waals surface area contributed by atoms with Crippen LogP contribution in [0, 0.1) is 5.92 Å². The lowest BCUT2D eigenvalue weighted by Gasteiger charge is -2.31. The molecule has 1 fully saturated rings. The Hall–Kier alpha value is -1.23. The van der Waals surface area contributed by atoms with Crippen LogP contribution in [0.2, 0.25) is 0 Å². The second-order valence-corrected chi connectivity index (χ2v) is 7.24. The van der Waals surface area contributed by atoms with Gasteiger partial charge in [0.2, 0.25) is 0 Å². The molecule has 2 heterocycles. The van der Waals surface area contributed by atoms with Crippen LogP contribution in [0.15, 0.2) is 12.1 Å². The van der Waals surface area contributed by atoms with Crippen LogP contribution in [0.5, 0.6) is 0 Å². The molecule has 2 atom stereocenters. The van der Waals surface area contributed by atoms with Crippen molar-refractivity contribution in [3.63, 3.8) is 0 Å². The summed E-state index contributed by atoms with van der Waals surface area (Å²) in [5.74, 6) is 0.616. The highest BCUT2D eigenvalue weighted by molar-refractivity contribution is 5.68. The molecule has 2 aliphatic rings. The molecule has 0 amide bonds. The van der Waals surface area contributed by atoms with Crippen LogP contribution in [0.1, 0.15) is 55.7 Å². The molecule has 0 saturated carbocycles. The van der Waals surface area contributed by atoms with Gasteiger partial charge in [-0.3, -0.25) is 0 Å². The lowest BCUT2D eigenvalue weighted by Crippen LogP contribution is -2.42. The Morgan fingerprint density at radius 1 is 1.25 bits per heavy atom. The molecule has 1 aromatic rings. The van der Waals surface area contributed by atoms with E-state index in [2.05, 4.69) is 25.2 Å². The van der Waals surface area contributed by atoms with Crippen molar-refractivity contribution in [1.82, 2.24) is 5.32 Å². The third kappa shape index (κ3) is 3.03. The standard InChI is InChI=1S/C19H27F3N2/c1-4-12(5-2)8-13-9-14-15-11-23-7-6-17(15)24(3)18(14)16(10-13)19(20,21)22/h9-10,12,15,17,23H,4-8,11H2,1-3H3/t15?,17-/m0/s1. The summed E-state index contributed by atoms with van der Waals surface area (Å²) >= 11 is 0. The van der Waals surface area contributed by atoms with E-state index in [9.17, 15) is 13.2 Å². The summed E-state index contributed by atoms with van der Waals surface area (Å²) in [7, 11) is 1.82. The Morgan fingerprint density at radius 3 is 2.58 bits per heavy atom. The molecular weight excluding hydrogens is 313 g/mol. The molecule has 3 rings (SSSR count). The van der Waals surface area contributed by atoms with E-state index in [1.807, 2.05) is 11.9 Å². The molecule has 0 aromatic heterocycles. The van der Waals surface area contributed by atoms with Gasteiger partial charge in [0.25, 0.3) is 0 Å². The molecule has 0 bridgehead atoms. The van der Waals surface area contributed by atoms with Crippen LogP contribution in [0.25, 0.3) is 0 Å². The number of benzene rings is 1. The maximum absolute atomic E-state index is 13.7. The molecule has 0 aliphatic carbocycles. The van der Waals surface area contributed by atoms with Crippen LogP contribution < -0.4 is 10.2 Å². The average molecular weight is 340 g/mol. The number of nitrogens with zero attached hydrogens (tertiary/aromatic N) is 1.